The van der Waals surface area contributed by atoms with Crippen molar-refractivity contribution in [3.05, 3.63) is 24.3 Å². The highest BCUT2D eigenvalue weighted by Crippen LogP contribution is 2.11. The van der Waals surface area contributed by atoms with E-state index in [1.807, 2.05) is 0 Å². The summed E-state index contributed by atoms with van der Waals surface area (Å²) in [6.07, 6.45) is 1.60. The topological polar surface area (TPSA) is 113 Å². The van der Waals surface area contributed by atoms with Crippen LogP contribution in [0.15, 0.2) is 24.3 Å². The summed E-state index contributed by atoms with van der Waals surface area (Å²) in [5, 5.41) is 5.23. The molecule has 0 aliphatic carbocycles. The number of sulfonamides is 1. The second kappa shape index (κ2) is 6.95. The minimum atomic E-state index is -3.17. The average Bonchev–Trinajstić information content (AvgIpc) is 2.26. The number of nitrogens with two attached hydrogens (primary N) is 1. The molecule has 0 saturated heterocycles. The van der Waals surface area contributed by atoms with Crippen molar-refractivity contribution in [1.82, 2.24) is 10.0 Å². The highest BCUT2D eigenvalue weighted by Gasteiger charge is 2.02. The maximum Gasteiger partial charge on any atom is 0.319 e. The van der Waals surface area contributed by atoms with E-state index in [9.17, 15) is 13.2 Å². The second-order valence-electron chi connectivity index (χ2n) is 4.03. The molecule has 0 atom stereocenters. The van der Waals surface area contributed by atoms with Crippen LogP contribution >= 0.6 is 0 Å². The number of nitrogens with one attached hydrogen (secondary N) is 3. The van der Waals surface area contributed by atoms with E-state index < -0.39 is 10.0 Å². The van der Waals surface area contributed by atoms with Gasteiger partial charge in [-0.25, -0.2) is 17.9 Å². The summed E-state index contributed by atoms with van der Waals surface area (Å²) in [4.78, 5) is 11.5. The summed E-state index contributed by atoms with van der Waals surface area (Å²) >= 11 is 0. The molecule has 0 aromatic heterocycles. The molecule has 8 heteroatoms. The number of anilines is 2. The van der Waals surface area contributed by atoms with Gasteiger partial charge < -0.3 is 16.4 Å². The van der Waals surface area contributed by atoms with Crippen molar-refractivity contribution in [1.29, 1.82) is 0 Å². The lowest BCUT2D eigenvalue weighted by molar-refractivity contribution is 0.252. The van der Waals surface area contributed by atoms with Crippen molar-refractivity contribution in [2.45, 2.75) is 6.42 Å². The monoisotopic (exact) mass is 286 g/mol. The normalized spacial score (nSPS) is 11.0. The van der Waals surface area contributed by atoms with E-state index in [2.05, 4.69) is 15.4 Å². The minimum Gasteiger partial charge on any atom is -0.399 e. The molecule has 19 heavy (non-hydrogen) atoms. The number of carbonyl (C=O) groups is 1. The lowest BCUT2D eigenvalue weighted by Crippen LogP contribution is -2.32. The molecule has 0 bridgehead atoms. The summed E-state index contributed by atoms with van der Waals surface area (Å²) in [6, 6.07) is 6.47. The van der Waals surface area contributed by atoms with Crippen LogP contribution in [0.25, 0.3) is 0 Å². The Kier molecular flexibility index (Phi) is 5.58. The SMILES string of the molecule is CS(=O)(=O)NCCCNC(=O)Nc1cccc(N)c1. The molecule has 7 nitrogen and oxygen atoms in total. The summed E-state index contributed by atoms with van der Waals surface area (Å²) < 4.78 is 23.9. The van der Waals surface area contributed by atoms with E-state index in [1.165, 1.54) is 0 Å². The zero-order valence-electron chi connectivity index (χ0n) is 10.6. The third-order valence-electron chi connectivity index (χ3n) is 2.15. The Labute approximate surface area is 112 Å². The van der Waals surface area contributed by atoms with Gasteiger partial charge in [0.2, 0.25) is 10.0 Å². The first-order valence-corrected chi connectivity index (χ1v) is 7.61. The van der Waals surface area contributed by atoms with Crippen molar-refractivity contribution in [2.24, 2.45) is 0 Å². The minimum absolute atomic E-state index is 0.289. The van der Waals surface area contributed by atoms with Crippen molar-refractivity contribution < 1.29 is 13.2 Å². The molecule has 1 aromatic carbocycles. The van der Waals surface area contributed by atoms with Crippen LogP contribution in [-0.4, -0.2) is 33.8 Å². The van der Waals surface area contributed by atoms with Crippen molar-refractivity contribution >= 4 is 27.4 Å². The average molecular weight is 286 g/mol. The molecule has 0 heterocycles. The predicted octanol–water partition coefficient (Wildman–Crippen LogP) is 0.330. The first kappa shape index (κ1) is 15.3. The number of amides is 2. The van der Waals surface area contributed by atoms with Crippen LogP contribution in [0, 0.1) is 0 Å². The molecule has 5 N–H and O–H groups in total. The van der Waals surface area contributed by atoms with Gasteiger partial charge in [-0.15, -0.1) is 0 Å². The molecule has 0 radical (unpaired) electrons. The maximum atomic E-state index is 11.5. The number of carbonyl (C=O) groups excluding carboxylic acids is 1. The molecule has 0 spiro atoms. The summed E-state index contributed by atoms with van der Waals surface area (Å²) in [6.45, 7) is 0.661. The van der Waals surface area contributed by atoms with Crippen LogP contribution in [0.4, 0.5) is 16.2 Å². The Morgan fingerprint density at radius 3 is 2.68 bits per heavy atom. The van der Waals surface area contributed by atoms with Crippen LogP contribution in [0.2, 0.25) is 0 Å². The van der Waals surface area contributed by atoms with Crippen LogP contribution in [0.3, 0.4) is 0 Å². The second-order valence-corrected chi connectivity index (χ2v) is 5.86. The Morgan fingerprint density at radius 1 is 1.32 bits per heavy atom. The van der Waals surface area contributed by atoms with Gasteiger partial charge in [0.05, 0.1) is 6.26 Å². The van der Waals surface area contributed by atoms with E-state index >= 15 is 0 Å². The van der Waals surface area contributed by atoms with Crippen LogP contribution in [0.1, 0.15) is 6.42 Å². The fraction of sp³-hybridized carbons (Fsp3) is 0.364. The van der Waals surface area contributed by atoms with Crippen molar-refractivity contribution in [3.8, 4) is 0 Å². The Morgan fingerprint density at radius 2 is 2.05 bits per heavy atom. The van der Waals surface area contributed by atoms with E-state index in [0.717, 1.165) is 6.26 Å². The lowest BCUT2D eigenvalue weighted by Gasteiger charge is -2.08. The largest absolute Gasteiger partial charge is 0.399 e. The summed E-state index contributed by atoms with van der Waals surface area (Å²) in [5.41, 5.74) is 6.75. The maximum absolute atomic E-state index is 11.5. The van der Waals surface area contributed by atoms with Crippen LogP contribution in [0.5, 0.6) is 0 Å². The smallest absolute Gasteiger partial charge is 0.319 e. The van der Waals surface area contributed by atoms with Gasteiger partial charge in [0.25, 0.3) is 0 Å². The molecule has 0 aliphatic heterocycles. The van der Waals surface area contributed by atoms with Gasteiger partial charge in [-0.2, -0.15) is 0 Å². The van der Waals surface area contributed by atoms with Crippen molar-refractivity contribution in [3.63, 3.8) is 0 Å². The lowest BCUT2D eigenvalue weighted by atomic mass is 10.3. The first-order valence-electron chi connectivity index (χ1n) is 5.72. The molecular weight excluding hydrogens is 268 g/mol. The van der Waals surface area contributed by atoms with Crippen LogP contribution < -0.4 is 21.1 Å². The summed E-state index contributed by atoms with van der Waals surface area (Å²) in [7, 11) is -3.17. The highest BCUT2D eigenvalue weighted by atomic mass is 32.2. The van der Waals surface area contributed by atoms with Gasteiger partial charge in [0.15, 0.2) is 0 Å². The Bertz CT molecular complexity index is 530. The van der Waals surface area contributed by atoms with Gasteiger partial charge in [-0.3, -0.25) is 0 Å². The zero-order chi connectivity index (χ0) is 14.3. The molecule has 0 fully saturated rings. The predicted molar refractivity (Wildman–Crippen MR) is 75.3 cm³/mol. The third kappa shape index (κ3) is 7.27. The van der Waals surface area contributed by atoms with Gasteiger partial charge in [-0.05, 0) is 24.6 Å². The highest BCUT2D eigenvalue weighted by molar-refractivity contribution is 7.88. The number of nitrogen functional groups attached to an aromatic ring is 1. The number of rotatable bonds is 6. The van der Waals surface area contributed by atoms with E-state index in [0.29, 0.717) is 24.3 Å². The Balaban J connectivity index is 2.22. The number of urea groups is 1. The van der Waals surface area contributed by atoms with Gasteiger partial charge in [0, 0.05) is 24.5 Å². The zero-order valence-corrected chi connectivity index (χ0v) is 11.5. The van der Waals surface area contributed by atoms with Crippen molar-refractivity contribution in [2.75, 3.05) is 30.4 Å². The summed E-state index contributed by atoms with van der Waals surface area (Å²) in [5.74, 6) is 0. The fourth-order valence-electron chi connectivity index (χ4n) is 1.34. The number of hydrogen-bond donors (Lipinski definition) is 4. The fourth-order valence-corrected chi connectivity index (χ4v) is 1.85. The molecule has 1 rings (SSSR count). The van der Waals surface area contributed by atoms with Gasteiger partial charge >= 0.3 is 6.03 Å². The molecule has 0 aliphatic rings. The standard InChI is InChI=1S/C11H18N4O3S/c1-19(17,18)14-7-3-6-13-11(16)15-10-5-2-4-9(12)8-10/h2,4-5,8,14H,3,6-7,12H2,1H3,(H2,13,15,16). The first-order chi connectivity index (χ1) is 8.87. The third-order valence-corrected chi connectivity index (χ3v) is 2.88. The quantitative estimate of drug-likeness (QED) is 0.446. The molecule has 106 valence electrons. The van der Waals surface area contributed by atoms with Crippen LogP contribution in [-0.2, 0) is 10.0 Å². The molecule has 1 aromatic rings. The van der Waals surface area contributed by atoms with Gasteiger partial charge in [0.1, 0.15) is 0 Å². The molecular formula is C11H18N4O3S. The number of benzene rings is 1. The molecule has 0 saturated carbocycles. The van der Waals surface area contributed by atoms with E-state index in [4.69, 9.17) is 5.73 Å². The molecule has 0 unspecified atom stereocenters. The van der Waals surface area contributed by atoms with Gasteiger partial charge in [-0.1, -0.05) is 6.07 Å². The van der Waals surface area contributed by atoms with E-state index in [1.54, 1.807) is 24.3 Å². The number of hydrogen-bond acceptors (Lipinski definition) is 4. The van der Waals surface area contributed by atoms with E-state index in [-0.39, 0.29) is 12.6 Å². The Hall–Kier alpha value is -1.80. The molecule has 2 amide bonds.